The maximum Gasteiger partial charge on any atom is 0.257 e. The van der Waals surface area contributed by atoms with Crippen molar-refractivity contribution in [3.8, 4) is 5.75 Å². The highest BCUT2D eigenvalue weighted by atomic mass is 35.5. The summed E-state index contributed by atoms with van der Waals surface area (Å²) in [5, 5.41) is 13.1. The number of hydrogen-bond acceptors (Lipinski definition) is 6. The van der Waals surface area contributed by atoms with Gasteiger partial charge < -0.3 is 30.7 Å². The van der Waals surface area contributed by atoms with E-state index in [-0.39, 0.29) is 41.4 Å². The lowest BCUT2D eigenvalue weighted by atomic mass is 10.1. The van der Waals surface area contributed by atoms with E-state index in [0.717, 1.165) is 0 Å². The molecule has 1 saturated heterocycles. The van der Waals surface area contributed by atoms with Crippen LogP contribution in [0.25, 0.3) is 0 Å². The molecule has 0 spiro atoms. The molecule has 0 aromatic heterocycles. The number of amides is 3. The van der Waals surface area contributed by atoms with Crippen LogP contribution in [0, 0.1) is 5.41 Å². The highest BCUT2D eigenvalue weighted by Crippen LogP contribution is 2.22. The van der Waals surface area contributed by atoms with Gasteiger partial charge >= 0.3 is 0 Å². The predicted octanol–water partition coefficient (Wildman–Crippen LogP) is 1.15. The highest BCUT2D eigenvalue weighted by Gasteiger charge is 2.20. The van der Waals surface area contributed by atoms with Crippen molar-refractivity contribution < 1.29 is 23.9 Å². The molecule has 3 rings (SSSR count). The number of nitrogens with one attached hydrogen (secondary N) is 3. The summed E-state index contributed by atoms with van der Waals surface area (Å²) >= 11 is 6.19. The number of rotatable bonds is 8. The number of ether oxygens (including phenoxy) is 2. The van der Waals surface area contributed by atoms with E-state index in [1.54, 1.807) is 17.0 Å². The van der Waals surface area contributed by atoms with Gasteiger partial charge in [-0.15, -0.1) is 0 Å². The SMILES string of the molecule is CNC(=O)COc1cc(C(=N)N)ccc1CNC(=O)c1cc(Cl)cc(C(=O)N2CCOCC2)c1. The van der Waals surface area contributed by atoms with E-state index < -0.39 is 5.91 Å². The summed E-state index contributed by atoms with van der Waals surface area (Å²) in [6.07, 6.45) is 0. The summed E-state index contributed by atoms with van der Waals surface area (Å²) in [6, 6.07) is 9.32. The molecule has 0 unspecified atom stereocenters. The molecule has 0 atom stereocenters. The Hall–Kier alpha value is -3.63. The third kappa shape index (κ3) is 6.46. The number of hydrogen-bond donors (Lipinski definition) is 4. The van der Waals surface area contributed by atoms with Crippen molar-refractivity contribution in [2.75, 3.05) is 40.0 Å². The van der Waals surface area contributed by atoms with Crippen LogP contribution in [0.2, 0.25) is 5.02 Å². The second-order valence-corrected chi connectivity index (χ2v) is 7.95. The van der Waals surface area contributed by atoms with Gasteiger partial charge in [0.25, 0.3) is 17.7 Å². The summed E-state index contributed by atoms with van der Waals surface area (Å²) in [6.45, 7) is 1.71. The number of morpholine rings is 1. The van der Waals surface area contributed by atoms with Crippen LogP contribution in [0.15, 0.2) is 36.4 Å². The summed E-state index contributed by atoms with van der Waals surface area (Å²) < 4.78 is 10.8. The van der Waals surface area contributed by atoms with Gasteiger partial charge in [-0.3, -0.25) is 19.8 Å². The lowest BCUT2D eigenvalue weighted by Crippen LogP contribution is -2.40. The smallest absolute Gasteiger partial charge is 0.257 e. The maximum atomic E-state index is 12.8. The zero-order valence-electron chi connectivity index (χ0n) is 18.7. The second kappa shape index (κ2) is 11.5. The van der Waals surface area contributed by atoms with E-state index in [0.29, 0.717) is 48.7 Å². The molecule has 0 bridgehead atoms. The maximum absolute atomic E-state index is 12.8. The van der Waals surface area contributed by atoms with Crippen LogP contribution in [-0.2, 0) is 16.1 Å². The minimum Gasteiger partial charge on any atom is -0.483 e. The summed E-state index contributed by atoms with van der Waals surface area (Å²) in [4.78, 5) is 38.9. The molecule has 1 aliphatic heterocycles. The van der Waals surface area contributed by atoms with E-state index in [4.69, 9.17) is 32.2 Å². The highest BCUT2D eigenvalue weighted by molar-refractivity contribution is 6.31. The molecular formula is C23H26ClN5O5. The van der Waals surface area contributed by atoms with Crippen molar-refractivity contribution in [1.29, 1.82) is 5.41 Å². The van der Waals surface area contributed by atoms with Gasteiger partial charge in [-0.2, -0.15) is 0 Å². The van der Waals surface area contributed by atoms with Gasteiger partial charge in [0.2, 0.25) is 0 Å². The van der Waals surface area contributed by atoms with Crippen molar-refractivity contribution in [1.82, 2.24) is 15.5 Å². The number of likely N-dealkylation sites (N-methyl/N-ethyl adjacent to an activating group) is 1. The van der Waals surface area contributed by atoms with Crippen molar-refractivity contribution in [2.24, 2.45) is 5.73 Å². The van der Waals surface area contributed by atoms with Gasteiger partial charge in [0.05, 0.1) is 13.2 Å². The van der Waals surface area contributed by atoms with Gasteiger partial charge in [-0.25, -0.2) is 0 Å². The first-order valence-electron chi connectivity index (χ1n) is 10.5. The molecule has 10 nitrogen and oxygen atoms in total. The molecule has 180 valence electrons. The molecule has 11 heteroatoms. The third-order valence-corrected chi connectivity index (χ3v) is 5.38. The number of halogens is 1. The summed E-state index contributed by atoms with van der Waals surface area (Å²) in [5.74, 6) is -0.835. The first-order valence-corrected chi connectivity index (χ1v) is 10.9. The third-order valence-electron chi connectivity index (χ3n) is 5.16. The Labute approximate surface area is 201 Å². The van der Waals surface area contributed by atoms with E-state index in [9.17, 15) is 14.4 Å². The van der Waals surface area contributed by atoms with Crippen molar-refractivity contribution >= 4 is 35.2 Å². The van der Waals surface area contributed by atoms with E-state index >= 15 is 0 Å². The molecule has 0 radical (unpaired) electrons. The predicted molar refractivity (Wildman–Crippen MR) is 126 cm³/mol. The first-order chi connectivity index (χ1) is 16.3. The van der Waals surface area contributed by atoms with E-state index in [2.05, 4.69) is 10.6 Å². The fourth-order valence-corrected chi connectivity index (χ4v) is 3.52. The monoisotopic (exact) mass is 487 g/mol. The molecule has 5 N–H and O–H groups in total. The molecule has 1 fully saturated rings. The van der Waals surface area contributed by atoms with E-state index in [1.807, 2.05) is 0 Å². The summed E-state index contributed by atoms with van der Waals surface area (Å²) in [5.41, 5.74) is 7.10. The van der Waals surface area contributed by atoms with Crippen LogP contribution in [-0.4, -0.2) is 68.4 Å². The quantitative estimate of drug-likeness (QED) is 0.324. The Morgan fingerprint density at radius 3 is 2.50 bits per heavy atom. The van der Waals surface area contributed by atoms with E-state index in [1.165, 1.54) is 31.3 Å². The van der Waals surface area contributed by atoms with Crippen LogP contribution >= 0.6 is 11.6 Å². The standard InChI is InChI=1S/C23H26ClN5O5/c1-27-20(30)13-34-19-11-14(21(25)26)2-3-15(19)12-28-22(31)16-8-17(10-18(24)9-16)23(32)29-4-6-33-7-5-29/h2-3,8-11H,4-7,12-13H2,1H3,(H3,25,26)(H,27,30)(H,28,31). The Bertz CT molecular complexity index is 1100. The number of carbonyl (C=O) groups is 3. The van der Waals surface area contributed by atoms with Crippen LogP contribution < -0.4 is 21.1 Å². The molecule has 3 amide bonds. The van der Waals surface area contributed by atoms with Gasteiger partial charge in [0.1, 0.15) is 11.6 Å². The normalized spacial score (nSPS) is 13.2. The number of amidine groups is 1. The van der Waals surface area contributed by atoms with Crippen LogP contribution in [0.5, 0.6) is 5.75 Å². The molecular weight excluding hydrogens is 462 g/mol. The topological polar surface area (TPSA) is 147 Å². The lowest BCUT2D eigenvalue weighted by Gasteiger charge is -2.27. The molecule has 2 aromatic carbocycles. The number of nitrogens with two attached hydrogens (primary N) is 1. The Morgan fingerprint density at radius 1 is 1.12 bits per heavy atom. The number of nitrogens with zero attached hydrogens (tertiary/aromatic N) is 1. The minimum absolute atomic E-state index is 0.0688. The fourth-order valence-electron chi connectivity index (χ4n) is 3.29. The lowest BCUT2D eigenvalue weighted by molar-refractivity contribution is -0.122. The Balaban J connectivity index is 1.74. The average Bonchev–Trinajstić information content (AvgIpc) is 2.85. The van der Waals surface area contributed by atoms with Crippen molar-refractivity contribution in [3.05, 3.63) is 63.7 Å². The molecule has 0 aliphatic carbocycles. The zero-order chi connectivity index (χ0) is 24.7. The first kappa shape index (κ1) is 25.0. The van der Waals surface area contributed by atoms with Crippen LogP contribution in [0.4, 0.5) is 0 Å². The Kier molecular flexibility index (Phi) is 8.44. The van der Waals surface area contributed by atoms with Gasteiger partial charge in [0.15, 0.2) is 6.61 Å². The molecule has 0 saturated carbocycles. The Morgan fingerprint density at radius 2 is 1.82 bits per heavy atom. The van der Waals surface area contributed by atoms with Gasteiger partial charge in [-0.1, -0.05) is 23.7 Å². The fraction of sp³-hybridized carbons (Fsp3) is 0.304. The zero-order valence-corrected chi connectivity index (χ0v) is 19.4. The number of carbonyl (C=O) groups excluding carboxylic acids is 3. The van der Waals surface area contributed by atoms with Gasteiger partial charge in [-0.05, 0) is 24.3 Å². The van der Waals surface area contributed by atoms with Crippen molar-refractivity contribution in [2.45, 2.75) is 6.54 Å². The molecule has 1 aliphatic rings. The molecule has 2 aromatic rings. The largest absolute Gasteiger partial charge is 0.483 e. The van der Waals surface area contributed by atoms with Crippen LogP contribution in [0.3, 0.4) is 0 Å². The summed E-state index contributed by atoms with van der Waals surface area (Å²) in [7, 11) is 1.49. The van der Waals surface area contributed by atoms with Crippen molar-refractivity contribution in [3.63, 3.8) is 0 Å². The number of nitrogen functional groups attached to an aromatic ring is 1. The van der Waals surface area contributed by atoms with Crippen LogP contribution in [0.1, 0.15) is 31.8 Å². The minimum atomic E-state index is -0.438. The van der Waals surface area contributed by atoms with Gasteiger partial charge in [0, 0.05) is 54.0 Å². The average molecular weight is 488 g/mol. The second-order valence-electron chi connectivity index (χ2n) is 7.51. The molecule has 1 heterocycles. The number of benzene rings is 2. The molecule has 34 heavy (non-hydrogen) atoms.